The fourth-order valence-electron chi connectivity index (χ4n) is 2.18. The summed E-state index contributed by atoms with van der Waals surface area (Å²) in [6, 6.07) is 10.6. The zero-order valence-electron chi connectivity index (χ0n) is 14.9. The van der Waals surface area contributed by atoms with Gasteiger partial charge in [-0.3, -0.25) is 14.9 Å². The molecule has 0 aliphatic rings. The van der Waals surface area contributed by atoms with E-state index in [0.29, 0.717) is 5.56 Å². The molecule has 0 radical (unpaired) electrons. The predicted molar refractivity (Wildman–Crippen MR) is 107 cm³/mol. The molecule has 0 spiro atoms. The van der Waals surface area contributed by atoms with Crippen molar-refractivity contribution in [2.45, 2.75) is 11.8 Å². The zero-order chi connectivity index (χ0) is 20.7. The Morgan fingerprint density at radius 3 is 2.50 bits per heavy atom. The fourth-order valence-corrected chi connectivity index (χ4v) is 3.39. The highest BCUT2D eigenvalue weighted by Gasteiger charge is 2.13. The molecule has 0 aliphatic carbocycles. The second-order valence-electron chi connectivity index (χ2n) is 5.80. The lowest BCUT2D eigenvalue weighted by molar-refractivity contribution is -0.384. The molecular formula is C18H18ClN3O5S. The Balaban J connectivity index is 1.84. The Kier molecular flexibility index (Phi) is 7.27. The maximum absolute atomic E-state index is 12.1. The first-order valence-electron chi connectivity index (χ1n) is 8.15. The Morgan fingerprint density at radius 2 is 1.86 bits per heavy atom. The predicted octanol–water partition coefficient (Wildman–Crippen LogP) is 2.66. The van der Waals surface area contributed by atoms with Gasteiger partial charge in [-0.25, -0.2) is 13.1 Å². The summed E-state index contributed by atoms with van der Waals surface area (Å²) in [6.07, 6.45) is 2.59. The molecule has 10 heteroatoms. The number of carbonyl (C=O) groups is 1. The lowest BCUT2D eigenvalue weighted by Crippen LogP contribution is -2.34. The van der Waals surface area contributed by atoms with Gasteiger partial charge in [0.25, 0.3) is 5.69 Å². The molecule has 0 saturated heterocycles. The van der Waals surface area contributed by atoms with Crippen LogP contribution in [-0.2, 0) is 14.8 Å². The van der Waals surface area contributed by atoms with E-state index >= 15 is 0 Å². The summed E-state index contributed by atoms with van der Waals surface area (Å²) < 4.78 is 26.6. The Hall–Kier alpha value is -2.75. The van der Waals surface area contributed by atoms with Crippen LogP contribution in [0, 0.1) is 17.0 Å². The number of hydrogen-bond donors (Lipinski definition) is 2. The molecule has 148 valence electrons. The number of nitro groups is 1. The molecule has 2 aromatic carbocycles. The minimum absolute atomic E-state index is 0.00691. The Morgan fingerprint density at radius 1 is 1.18 bits per heavy atom. The van der Waals surface area contributed by atoms with E-state index < -0.39 is 20.9 Å². The summed E-state index contributed by atoms with van der Waals surface area (Å²) in [7, 11) is -3.64. The number of halogens is 1. The van der Waals surface area contributed by atoms with E-state index in [4.69, 9.17) is 11.6 Å². The quantitative estimate of drug-likeness (QED) is 0.293. The number of nitrogens with zero attached hydrogens (tertiary/aromatic N) is 1. The molecule has 1 amide bonds. The van der Waals surface area contributed by atoms with Crippen molar-refractivity contribution in [3.8, 4) is 0 Å². The van der Waals surface area contributed by atoms with Gasteiger partial charge in [-0.1, -0.05) is 35.4 Å². The number of sulfonamides is 1. The molecule has 8 nitrogen and oxygen atoms in total. The van der Waals surface area contributed by atoms with Crippen molar-refractivity contribution in [2.75, 3.05) is 13.1 Å². The second-order valence-corrected chi connectivity index (χ2v) is 7.98. The molecule has 0 saturated carbocycles. The number of aryl methyl sites for hydroxylation is 1. The summed E-state index contributed by atoms with van der Waals surface area (Å²) in [5.74, 6) is -0.466. The van der Waals surface area contributed by atoms with Crippen LogP contribution in [0.3, 0.4) is 0 Å². The number of benzene rings is 2. The molecule has 2 aromatic rings. The minimum Gasteiger partial charge on any atom is -0.351 e. The summed E-state index contributed by atoms with van der Waals surface area (Å²) in [6.45, 7) is 1.95. The minimum atomic E-state index is -3.64. The van der Waals surface area contributed by atoms with Gasteiger partial charge in [0.05, 0.1) is 9.82 Å². The normalized spacial score (nSPS) is 11.5. The van der Waals surface area contributed by atoms with Gasteiger partial charge in [0.15, 0.2) is 0 Å². The van der Waals surface area contributed by atoms with E-state index in [9.17, 15) is 23.3 Å². The van der Waals surface area contributed by atoms with Gasteiger partial charge >= 0.3 is 0 Å². The molecular weight excluding hydrogens is 406 g/mol. The van der Waals surface area contributed by atoms with E-state index in [1.54, 1.807) is 12.1 Å². The first kappa shape index (κ1) is 21.5. The molecule has 2 rings (SSSR count). The van der Waals surface area contributed by atoms with Gasteiger partial charge in [0.2, 0.25) is 15.9 Å². The molecule has 2 N–H and O–H groups in total. The van der Waals surface area contributed by atoms with Crippen LogP contribution in [0.25, 0.3) is 6.08 Å². The van der Waals surface area contributed by atoms with Crippen molar-refractivity contribution < 1.29 is 18.1 Å². The number of hydrogen-bond acceptors (Lipinski definition) is 5. The van der Waals surface area contributed by atoms with Crippen molar-refractivity contribution in [1.82, 2.24) is 10.0 Å². The van der Waals surface area contributed by atoms with Gasteiger partial charge in [0.1, 0.15) is 5.02 Å². The fraction of sp³-hybridized carbons (Fsp3) is 0.167. The van der Waals surface area contributed by atoms with Crippen molar-refractivity contribution in [1.29, 1.82) is 0 Å². The SMILES string of the molecule is Cc1ccc(S(=O)(=O)NCCNC(=O)/C=C/c2ccc(Cl)c([N+](=O)[O-])c2)cc1. The maximum atomic E-state index is 12.1. The van der Waals surface area contributed by atoms with E-state index in [1.807, 2.05) is 6.92 Å². The van der Waals surface area contributed by atoms with Crippen molar-refractivity contribution >= 4 is 39.3 Å². The molecule has 0 bridgehead atoms. The van der Waals surface area contributed by atoms with Crippen LogP contribution in [0.15, 0.2) is 53.4 Å². The number of nitrogens with one attached hydrogen (secondary N) is 2. The van der Waals surface area contributed by atoms with Crippen molar-refractivity contribution in [3.63, 3.8) is 0 Å². The Labute approximate surface area is 167 Å². The van der Waals surface area contributed by atoms with E-state index in [-0.39, 0.29) is 28.7 Å². The first-order valence-corrected chi connectivity index (χ1v) is 10.0. The van der Waals surface area contributed by atoms with Crippen LogP contribution >= 0.6 is 11.6 Å². The van der Waals surface area contributed by atoms with Crippen molar-refractivity contribution in [3.05, 3.63) is 74.8 Å². The lowest BCUT2D eigenvalue weighted by Gasteiger charge is -2.07. The summed E-state index contributed by atoms with van der Waals surface area (Å²) >= 11 is 5.73. The van der Waals surface area contributed by atoms with Gasteiger partial charge in [-0.2, -0.15) is 0 Å². The molecule has 0 atom stereocenters. The molecule has 0 heterocycles. The highest BCUT2D eigenvalue weighted by Crippen LogP contribution is 2.25. The maximum Gasteiger partial charge on any atom is 0.288 e. The molecule has 28 heavy (non-hydrogen) atoms. The smallest absolute Gasteiger partial charge is 0.288 e. The number of rotatable bonds is 8. The average molecular weight is 424 g/mol. The summed E-state index contributed by atoms with van der Waals surface area (Å²) in [5.41, 5.74) is 1.13. The van der Waals surface area contributed by atoms with Crippen molar-refractivity contribution in [2.24, 2.45) is 0 Å². The topological polar surface area (TPSA) is 118 Å². The average Bonchev–Trinajstić information content (AvgIpc) is 2.64. The van der Waals surface area contributed by atoms with E-state index in [2.05, 4.69) is 10.0 Å². The zero-order valence-corrected chi connectivity index (χ0v) is 16.5. The molecule has 0 aromatic heterocycles. The van der Waals surface area contributed by atoms with Gasteiger partial charge in [-0.15, -0.1) is 0 Å². The molecule has 0 aliphatic heterocycles. The van der Waals surface area contributed by atoms with Gasteiger partial charge in [-0.05, 0) is 36.8 Å². The monoisotopic (exact) mass is 423 g/mol. The second kappa shape index (κ2) is 9.45. The van der Waals surface area contributed by atoms with Gasteiger partial charge in [0, 0.05) is 25.2 Å². The van der Waals surface area contributed by atoms with Crippen LogP contribution in [0.4, 0.5) is 5.69 Å². The number of amides is 1. The Bertz CT molecular complexity index is 1000. The molecule has 0 fully saturated rings. The molecule has 0 unspecified atom stereocenters. The third kappa shape index (κ3) is 6.15. The lowest BCUT2D eigenvalue weighted by atomic mass is 10.2. The first-order chi connectivity index (χ1) is 13.2. The van der Waals surface area contributed by atoms with Crippen LogP contribution < -0.4 is 10.0 Å². The van der Waals surface area contributed by atoms with Gasteiger partial charge < -0.3 is 5.32 Å². The van der Waals surface area contributed by atoms with Crippen LogP contribution in [0.5, 0.6) is 0 Å². The van der Waals surface area contributed by atoms with E-state index in [0.717, 1.165) is 5.56 Å². The van der Waals surface area contributed by atoms with Crippen LogP contribution in [0.1, 0.15) is 11.1 Å². The highest BCUT2D eigenvalue weighted by molar-refractivity contribution is 7.89. The standard InChI is InChI=1S/C18H18ClN3O5S/c1-13-2-6-15(7-3-13)28(26,27)21-11-10-20-18(23)9-5-14-4-8-16(19)17(12-14)22(24)25/h2-9,12,21H,10-11H2,1H3,(H,20,23)/b9-5+. The number of carbonyl (C=O) groups excluding carboxylic acids is 1. The van der Waals surface area contributed by atoms with Crippen LogP contribution in [-0.4, -0.2) is 32.3 Å². The largest absolute Gasteiger partial charge is 0.351 e. The third-order valence-corrected chi connectivity index (χ3v) is 5.44. The van der Waals surface area contributed by atoms with Crippen LogP contribution in [0.2, 0.25) is 5.02 Å². The highest BCUT2D eigenvalue weighted by atomic mass is 35.5. The van der Waals surface area contributed by atoms with E-state index in [1.165, 1.54) is 42.5 Å². The summed E-state index contributed by atoms with van der Waals surface area (Å²) in [5, 5.41) is 13.4. The number of nitro benzene ring substituents is 1. The third-order valence-electron chi connectivity index (χ3n) is 3.64. The summed E-state index contributed by atoms with van der Waals surface area (Å²) in [4.78, 5) is 22.2.